The van der Waals surface area contributed by atoms with E-state index in [1.54, 1.807) is 4.90 Å². The van der Waals surface area contributed by atoms with Crippen molar-refractivity contribution < 1.29 is 19.4 Å². The zero-order chi connectivity index (χ0) is 14.4. The van der Waals surface area contributed by atoms with Crippen molar-refractivity contribution in [2.24, 2.45) is 5.41 Å². The molecule has 0 saturated carbocycles. The van der Waals surface area contributed by atoms with E-state index in [4.69, 9.17) is 4.74 Å². The monoisotopic (exact) mass is 302 g/mol. The van der Waals surface area contributed by atoms with Crippen LogP contribution in [0.5, 0.6) is 0 Å². The number of amides is 2. The van der Waals surface area contributed by atoms with Crippen LogP contribution in [0.4, 0.5) is 4.79 Å². The van der Waals surface area contributed by atoms with Gasteiger partial charge < -0.3 is 20.1 Å². The lowest BCUT2D eigenvalue weighted by Crippen LogP contribution is -2.50. The number of ether oxygens (including phenoxy) is 1. The van der Waals surface area contributed by atoms with E-state index in [9.17, 15) is 14.7 Å². The van der Waals surface area contributed by atoms with E-state index in [1.165, 1.54) is 0 Å². The molecule has 0 aromatic heterocycles. The number of aliphatic carboxylic acids is 1. The summed E-state index contributed by atoms with van der Waals surface area (Å²) in [7, 11) is 0. The molecule has 0 spiro atoms. The molecule has 2 aliphatic rings. The van der Waals surface area contributed by atoms with Gasteiger partial charge in [0.1, 0.15) is 0 Å². The number of thioether (sulfide) groups is 1. The lowest BCUT2D eigenvalue weighted by molar-refractivity contribution is -0.154. The van der Waals surface area contributed by atoms with Gasteiger partial charge in [-0.3, -0.25) is 4.79 Å². The standard InChI is InChI=1S/C13H22N2O4S/c16-11(17)13(2-6-19-7-3-13)10-14-12(18)15-4-1-8-20-9-5-15/h1-10H2,(H,14,18)(H,16,17). The molecule has 2 rings (SSSR count). The predicted molar refractivity (Wildman–Crippen MR) is 77.0 cm³/mol. The zero-order valence-electron chi connectivity index (χ0n) is 11.6. The summed E-state index contributed by atoms with van der Waals surface area (Å²) in [5.41, 5.74) is -0.867. The van der Waals surface area contributed by atoms with Gasteiger partial charge in [-0.1, -0.05) is 0 Å². The molecule has 2 aliphatic heterocycles. The number of hydrogen-bond acceptors (Lipinski definition) is 4. The molecule has 2 N–H and O–H groups in total. The van der Waals surface area contributed by atoms with Crippen molar-refractivity contribution in [2.75, 3.05) is 44.4 Å². The summed E-state index contributed by atoms with van der Waals surface area (Å²) < 4.78 is 5.23. The Balaban J connectivity index is 1.88. The summed E-state index contributed by atoms with van der Waals surface area (Å²) in [6.45, 7) is 2.57. The fourth-order valence-corrected chi connectivity index (χ4v) is 3.42. The van der Waals surface area contributed by atoms with Gasteiger partial charge in [0.15, 0.2) is 0 Å². The first-order chi connectivity index (χ1) is 9.64. The number of carbonyl (C=O) groups excluding carboxylic acids is 1. The molecule has 114 valence electrons. The van der Waals surface area contributed by atoms with E-state index in [0.29, 0.717) is 26.1 Å². The first kappa shape index (κ1) is 15.4. The van der Waals surface area contributed by atoms with Gasteiger partial charge in [0, 0.05) is 38.6 Å². The van der Waals surface area contributed by atoms with Gasteiger partial charge in [-0.15, -0.1) is 0 Å². The van der Waals surface area contributed by atoms with E-state index in [2.05, 4.69) is 5.32 Å². The van der Waals surface area contributed by atoms with Crippen molar-refractivity contribution in [2.45, 2.75) is 19.3 Å². The molecular weight excluding hydrogens is 280 g/mol. The van der Waals surface area contributed by atoms with Crippen LogP contribution in [-0.4, -0.2) is 66.4 Å². The quantitative estimate of drug-likeness (QED) is 0.813. The number of carboxylic acid groups (broad SMARTS) is 1. The molecule has 0 atom stereocenters. The third-order valence-electron chi connectivity index (χ3n) is 3.99. The van der Waals surface area contributed by atoms with E-state index in [-0.39, 0.29) is 12.6 Å². The summed E-state index contributed by atoms with van der Waals surface area (Å²) in [6, 6.07) is -0.139. The molecule has 20 heavy (non-hydrogen) atoms. The third-order valence-corrected chi connectivity index (χ3v) is 5.04. The highest BCUT2D eigenvalue weighted by molar-refractivity contribution is 7.99. The maximum atomic E-state index is 12.1. The second-order valence-corrected chi connectivity index (χ2v) is 6.53. The van der Waals surface area contributed by atoms with Crippen LogP contribution in [0, 0.1) is 5.41 Å². The number of rotatable bonds is 3. The van der Waals surface area contributed by atoms with E-state index in [0.717, 1.165) is 31.0 Å². The van der Waals surface area contributed by atoms with Crippen molar-refractivity contribution in [1.82, 2.24) is 10.2 Å². The molecule has 0 aliphatic carbocycles. The number of nitrogens with one attached hydrogen (secondary N) is 1. The summed E-state index contributed by atoms with van der Waals surface area (Å²) in [6.07, 6.45) is 1.91. The fraction of sp³-hybridized carbons (Fsp3) is 0.846. The molecule has 0 aromatic rings. The molecule has 2 amide bonds. The highest BCUT2D eigenvalue weighted by Crippen LogP contribution is 2.30. The van der Waals surface area contributed by atoms with Gasteiger partial charge in [-0.2, -0.15) is 11.8 Å². The Hall–Kier alpha value is -0.950. The van der Waals surface area contributed by atoms with E-state index >= 15 is 0 Å². The Kier molecular flexibility index (Phi) is 5.54. The molecule has 0 aromatic carbocycles. The van der Waals surface area contributed by atoms with Crippen LogP contribution in [0.15, 0.2) is 0 Å². The van der Waals surface area contributed by atoms with Crippen molar-refractivity contribution in [3.63, 3.8) is 0 Å². The van der Waals surface area contributed by atoms with Crippen LogP contribution in [0.3, 0.4) is 0 Å². The average molecular weight is 302 g/mol. The summed E-state index contributed by atoms with van der Waals surface area (Å²) in [4.78, 5) is 25.4. The smallest absolute Gasteiger partial charge is 0.317 e. The Bertz CT molecular complexity index is 350. The first-order valence-corrected chi connectivity index (χ1v) is 8.21. The number of nitrogens with zero attached hydrogens (tertiary/aromatic N) is 1. The van der Waals surface area contributed by atoms with Crippen molar-refractivity contribution in [3.8, 4) is 0 Å². The fourth-order valence-electron chi connectivity index (χ4n) is 2.53. The van der Waals surface area contributed by atoms with Gasteiger partial charge in [-0.05, 0) is 25.0 Å². The Labute approximate surface area is 123 Å². The molecule has 2 fully saturated rings. The Morgan fingerprint density at radius 1 is 1.25 bits per heavy atom. The second kappa shape index (κ2) is 7.17. The highest BCUT2D eigenvalue weighted by atomic mass is 32.2. The summed E-state index contributed by atoms with van der Waals surface area (Å²) >= 11 is 1.85. The van der Waals surface area contributed by atoms with E-state index in [1.807, 2.05) is 11.8 Å². The predicted octanol–water partition coefficient (Wildman–Crippen LogP) is 1.02. The molecule has 0 unspecified atom stereocenters. The van der Waals surface area contributed by atoms with Crippen LogP contribution < -0.4 is 5.32 Å². The molecule has 6 nitrogen and oxygen atoms in total. The van der Waals surface area contributed by atoms with Crippen molar-refractivity contribution in [3.05, 3.63) is 0 Å². The lowest BCUT2D eigenvalue weighted by Gasteiger charge is -2.34. The molecule has 2 heterocycles. The minimum Gasteiger partial charge on any atom is -0.481 e. The van der Waals surface area contributed by atoms with Crippen molar-refractivity contribution in [1.29, 1.82) is 0 Å². The summed E-state index contributed by atoms with van der Waals surface area (Å²) in [5, 5.41) is 12.2. The number of carboxylic acids is 1. The zero-order valence-corrected chi connectivity index (χ0v) is 12.4. The highest BCUT2D eigenvalue weighted by Gasteiger charge is 2.40. The number of hydrogen-bond donors (Lipinski definition) is 2. The second-order valence-electron chi connectivity index (χ2n) is 5.31. The van der Waals surface area contributed by atoms with Gasteiger partial charge >= 0.3 is 12.0 Å². The van der Waals surface area contributed by atoms with Gasteiger partial charge in [0.25, 0.3) is 0 Å². The van der Waals surface area contributed by atoms with Crippen LogP contribution >= 0.6 is 11.8 Å². The maximum absolute atomic E-state index is 12.1. The molecule has 2 saturated heterocycles. The average Bonchev–Trinajstić information content (AvgIpc) is 2.74. The molecule has 7 heteroatoms. The van der Waals surface area contributed by atoms with Gasteiger partial charge in [0.2, 0.25) is 0 Å². The van der Waals surface area contributed by atoms with Gasteiger partial charge in [0.05, 0.1) is 5.41 Å². The number of urea groups is 1. The topological polar surface area (TPSA) is 78.9 Å². The van der Waals surface area contributed by atoms with Crippen molar-refractivity contribution >= 4 is 23.8 Å². The Morgan fingerprint density at radius 3 is 2.70 bits per heavy atom. The maximum Gasteiger partial charge on any atom is 0.317 e. The van der Waals surface area contributed by atoms with Gasteiger partial charge in [-0.25, -0.2) is 4.79 Å². The molecule has 0 radical (unpaired) electrons. The summed E-state index contributed by atoms with van der Waals surface area (Å²) in [5.74, 6) is 1.19. The molecule has 0 bridgehead atoms. The third kappa shape index (κ3) is 3.79. The lowest BCUT2D eigenvalue weighted by atomic mass is 9.80. The largest absolute Gasteiger partial charge is 0.481 e. The minimum absolute atomic E-state index is 0.139. The minimum atomic E-state index is -0.867. The Morgan fingerprint density at radius 2 is 2.00 bits per heavy atom. The van der Waals surface area contributed by atoms with Crippen LogP contribution in [0.2, 0.25) is 0 Å². The van der Waals surface area contributed by atoms with Crippen LogP contribution in [0.1, 0.15) is 19.3 Å². The SMILES string of the molecule is O=C(NCC1(C(=O)O)CCOCC1)N1CCCSCC1. The number of carbonyl (C=O) groups is 2. The van der Waals surface area contributed by atoms with E-state index < -0.39 is 11.4 Å². The normalized spacial score (nSPS) is 22.9. The first-order valence-electron chi connectivity index (χ1n) is 7.06. The van der Waals surface area contributed by atoms with Crippen LogP contribution in [-0.2, 0) is 9.53 Å². The van der Waals surface area contributed by atoms with Crippen LogP contribution in [0.25, 0.3) is 0 Å². The molecular formula is C13H22N2O4S.